The van der Waals surface area contributed by atoms with Crippen LogP contribution < -0.4 is 4.74 Å². The molecule has 1 aliphatic heterocycles. The van der Waals surface area contributed by atoms with Crippen LogP contribution >= 0.6 is 0 Å². The second kappa shape index (κ2) is 7.99. The highest BCUT2D eigenvalue weighted by atomic mass is 19.1. The van der Waals surface area contributed by atoms with Crippen molar-refractivity contribution in [1.29, 1.82) is 0 Å². The number of piperidine rings is 1. The van der Waals surface area contributed by atoms with Crippen molar-refractivity contribution in [2.45, 2.75) is 31.8 Å². The second-order valence-electron chi connectivity index (χ2n) is 7.94. The highest BCUT2D eigenvalue weighted by molar-refractivity contribution is 5.95. The van der Waals surface area contributed by atoms with Crippen LogP contribution in [0.3, 0.4) is 0 Å². The number of hydrogen-bond acceptors (Lipinski definition) is 5. The standard InChI is InChI=1S/C23H24FN3O3/c1-23(29)8-10-27(11-9-23)20(28)13-17-14-25-21-18(15-4-3-5-16(24)12-15)6-7-19(30-2)22(21)26-17/h3-7,12,14,29H,8-11,13H2,1-2H3. The van der Waals surface area contributed by atoms with E-state index in [2.05, 4.69) is 9.97 Å². The van der Waals surface area contributed by atoms with Crippen LogP contribution in [0, 0.1) is 5.82 Å². The zero-order valence-electron chi connectivity index (χ0n) is 17.1. The summed E-state index contributed by atoms with van der Waals surface area (Å²) in [4.78, 5) is 23.6. The average molecular weight is 409 g/mol. The molecule has 0 bridgehead atoms. The van der Waals surface area contributed by atoms with Gasteiger partial charge in [-0.05, 0) is 49.6 Å². The number of rotatable bonds is 4. The molecular weight excluding hydrogens is 385 g/mol. The van der Waals surface area contributed by atoms with Gasteiger partial charge >= 0.3 is 0 Å². The summed E-state index contributed by atoms with van der Waals surface area (Å²) >= 11 is 0. The molecule has 1 aromatic heterocycles. The quantitative estimate of drug-likeness (QED) is 0.715. The Morgan fingerprint density at radius 2 is 2.00 bits per heavy atom. The van der Waals surface area contributed by atoms with Crippen LogP contribution in [0.5, 0.6) is 5.75 Å². The number of hydrogen-bond donors (Lipinski definition) is 1. The SMILES string of the molecule is COc1ccc(-c2cccc(F)c2)c2ncc(CC(=O)N3CCC(C)(O)CC3)nc12. The molecule has 2 heterocycles. The molecule has 0 saturated carbocycles. The van der Waals surface area contributed by atoms with Crippen molar-refractivity contribution in [3.05, 3.63) is 54.1 Å². The summed E-state index contributed by atoms with van der Waals surface area (Å²) in [6.07, 6.45) is 2.83. The molecule has 156 valence electrons. The summed E-state index contributed by atoms with van der Waals surface area (Å²) < 4.78 is 19.2. The van der Waals surface area contributed by atoms with E-state index in [0.717, 1.165) is 5.56 Å². The Labute approximate surface area is 174 Å². The van der Waals surface area contributed by atoms with Gasteiger partial charge in [0.25, 0.3) is 0 Å². The van der Waals surface area contributed by atoms with Crippen LogP contribution in [0.25, 0.3) is 22.2 Å². The first-order chi connectivity index (χ1) is 14.4. The van der Waals surface area contributed by atoms with E-state index in [9.17, 15) is 14.3 Å². The van der Waals surface area contributed by atoms with Crippen LogP contribution in [0.4, 0.5) is 4.39 Å². The van der Waals surface area contributed by atoms with E-state index in [-0.39, 0.29) is 18.1 Å². The summed E-state index contributed by atoms with van der Waals surface area (Å²) in [5, 5.41) is 10.1. The van der Waals surface area contributed by atoms with Gasteiger partial charge in [0.1, 0.15) is 22.6 Å². The Bertz CT molecular complexity index is 1090. The lowest BCUT2D eigenvalue weighted by atomic mass is 9.93. The molecular formula is C23H24FN3O3. The molecule has 30 heavy (non-hydrogen) atoms. The molecule has 7 heteroatoms. The highest BCUT2D eigenvalue weighted by Gasteiger charge is 2.29. The summed E-state index contributed by atoms with van der Waals surface area (Å²) in [7, 11) is 1.55. The van der Waals surface area contributed by atoms with E-state index in [1.807, 2.05) is 12.1 Å². The van der Waals surface area contributed by atoms with Gasteiger partial charge in [-0.15, -0.1) is 0 Å². The molecule has 1 amide bonds. The van der Waals surface area contributed by atoms with Crippen LogP contribution in [-0.4, -0.2) is 51.7 Å². The van der Waals surface area contributed by atoms with Crippen molar-refractivity contribution in [2.75, 3.05) is 20.2 Å². The molecule has 1 N–H and O–H groups in total. The minimum absolute atomic E-state index is 0.0422. The van der Waals surface area contributed by atoms with E-state index >= 15 is 0 Å². The number of benzene rings is 2. The largest absolute Gasteiger partial charge is 0.494 e. The van der Waals surface area contributed by atoms with Crippen LogP contribution in [0.1, 0.15) is 25.5 Å². The van der Waals surface area contributed by atoms with Crippen LogP contribution in [-0.2, 0) is 11.2 Å². The lowest BCUT2D eigenvalue weighted by molar-refractivity contribution is -0.134. The summed E-state index contributed by atoms with van der Waals surface area (Å²) in [6, 6.07) is 9.91. The topological polar surface area (TPSA) is 75.5 Å². The Kier molecular flexibility index (Phi) is 5.39. The minimum atomic E-state index is -0.708. The molecule has 1 aliphatic rings. The van der Waals surface area contributed by atoms with Gasteiger partial charge in [-0.25, -0.2) is 9.37 Å². The first-order valence-corrected chi connectivity index (χ1v) is 9.95. The van der Waals surface area contributed by atoms with Crippen molar-refractivity contribution in [2.24, 2.45) is 0 Å². The smallest absolute Gasteiger partial charge is 0.228 e. The Morgan fingerprint density at radius 1 is 1.23 bits per heavy atom. The molecule has 6 nitrogen and oxygen atoms in total. The normalized spacial score (nSPS) is 15.9. The summed E-state index contributed by atoms with van der Waals surface area (Å²) in [6.45, 7) is 2.85. The minimum Gasteiger partial charge on any atom is -0.494 e. The Hall–Kier alpha value is -3.06. The number of aromatic nitrogens is 2. The number of aliphatic hydroxyl groups is 1. The molecule has 3 aromatic rings. The summed E-state index contributed by atoms with van der Waals surface area (Å²) in [5.74, 6) is 0.174. The Balaban J connectivity index is 1.64. The fourth-order valence-electron chi connectivity index (χ4n) is 3.75. The highest BCUT2D eigenvalue weighted by Crippen LogP contribution is 2.32. The molecule has 4 rings (SSSR count). The van der Waals surface area contributed by atoms with Gasteiger partial charge in [-0.3, -0.25) is 9.78 Å². The first-order valence-electron chi connectivity index (χ1n) is 9.95. The van der Waals surface area contributed by atoms with E-state index in [4.69, 9.17) is 4.74 Å². The number of carbonyl (C=O) groups excluding carboxylic acids is 1. The predicted octanol–water partition coefficient (Wildman–Crippen LogP) is 3.36. The van der Waals surface area contributed by atoms with E-state index in [0.29, 0.717) is 54.0 Å². The molecule has 1 saturated heterocycles. The third-order valence-electron chi connectivity index (χ3n) is 5.59. The number of likely N-dealkylation sites (tertiary alicyclic amines) is 1. The number of carbonyl (C=O) groups is 1. The molecule has 0 spiro atoms. The number of halogens is 1. The van der Waals surface area contributed by atoms with Crippen molar-refractivity contribution < 1.29 is 19.0 Å². The number of methoxy groups -OCH3 is 1. The molecule has 2 aromatic carbocycles. The number of ether oxygens (including phenoxy) is 1. The third-order valence-corrected chi connectivity index (χ3v) is 5.59. The lowest BCUT2D eigenvalue weighted by Gasteiger charge is -2.35. The predicted molar refractivity (Wildman–Crippen MR) is 112 cm³/mol. The number of nitrogens with zero attached hydrogens (tertiary/aromatic N) is 3. The third kappa shape index (κ3) is 4.11. The zero-order chi connectivity index (χ0) is 21.3. The lowest BCUT2D eigenvalue weighted by Crippen LogP contribution is -2.45. The fourth-order valence-corrected chi connectivity index (χ4v) is 3.75. The van der Waals surface area contributed by atoms with Crippen molar-refractivity contribution in [1.82, 2.24) is 14.9 Å². The molecule has 0 radical (unpaired) electrons. The van der Waals surface area contributed by atoms with Gasteiger partial charge in [0.05, 0.1) is 24.8 Å². The zero-order valence-corrected chi connectivity index (χ0v) is 17.1. The van der Waals surface area contributed by atoms with E-state index in [1.54, 1.807) is 37.3 Å². The van der Waals surface area contributed by atoms with E-state index in [1.165, 1.54) is 12.1 Å². The van der Waals surface area contributed by atoms with Crippen molar-refractivity contribution in [3.8, 4) is 16.9 Å². The first kappa shape index (κ1) is 20.2. The van der Waals surface area contributed by atoms with Gasteiger partial charge in [0.2, 0.25) is 5.91 Å². The number of fused-ring (bicyclic) bond motifs is 1. The van der Waals surface area contributed by atoms with Crippen LogP contribution in [0.2, 0.25) is 0 Å². The fraction of sp³-hybridized carbons (Fsp3) is 0.348. The van der Waals surface area contributed by atoms with Gasteiger partial charge < -0.3 is 14.7 Å². The maximum atomic E-state index is 13.7. The number of amides is 1. The maximum Gasteiger partial charge on any atom is 0.228 e. The molecule has 1 fully saturated rings. The van der Waals surface area contributed by atoms with Crippen LogP contribution in [0.15, 0.2) is 42.6 Å². The van der Waals surface area contributed by atoms with Gasteiger partial charge in [-0.1, -0.05) is 12.1 Å². The monoisotopic (exact) mass is 409 g/mol. The van der Waals surface area contributed by atoms with Gasteiger partial charge in [-0.2, -0.15) is 0 Å². The van der Waals surface area contributed by atoms with E-state index < -0.39 is 5.60 Å². The molecule has 0 atom stereocenters. The molecule has 0 unspecified atom stereocenters. The second-order valence-corrected chi connectivity index (χ2v) is 7.94. The maximum absolute atomic E-state index is 13.7. The van der Waals surface area contributed by atoms with Gasteiger partial charge in [0.15, 0.2) is 0 Å². The molecule has 0 aliphatic carbocycles. The average Bonchev–Trinajstić information content (AvgIpc) is 2.72. The summed E-state index contributed by atoms with van der Waals surface area (Å²) in [5.41, 5.74) is 2.39. The van der Waals surface area contributed by atoms with Crippen molar-refractivity contribution in [3.63, 3.8) is 0 Å². The van der Waals surface area contributed by atoms with Crippen molar-refractivity contribution >= 4 is 16.9 Å². The Morgan fingerprint density at radius 3 is 2.70 bits per heavy atom. The van der Waals surface area contributed by atoms with Gasteiger partial charge in [0, 0.05) is 24.8 Å².